The first-order valence-electron chi connectivity index (χ1n) is 11.5. The number of piperidine rings is 1. The Morgan fingerprint density at radius 1 is 1.07 bits per heavy atom. The first kappa shape index (κ1) is 21.6. The van der Waals surface area contributed by atoms with E-state index >= 15 is 0 Å². The van der Waals surface area contributed by atoms with Crippen molar-refractivity contribution in [3.63, 3.8) is 0 Å². The van der Waals surface area contributed by atoms with Crippen LogP contribution >= 0.6 is 0 Å². The highest BCUT2D eigenvalue weighted by Crippen LogP contribution is 2.45. The number of ether oxygens (including phenoxy) is 1. The maximum absolute atomic E-state index is 13.3. The van der Waals surface area contributed by atoms with Crippen molar-refractivity contribution in [3.8, 4) is 5.75 Å². The normalized spacial score (nSPS) is 31.0. The number of carbonyl (C=O) groups is 1. The highest BCUT2D eigenvalue weighted by Gasteiger charge is 2.47. The van der Waals surface area contributed by atoms with Gasteiger partial charge in [-0.2, -0.15) is 0 Å². The fraction of sp³-hybridized carbons (Fsp3) is 0.720. The average molecular weight is 414 g/mol. The van der Waals surface area contributed by atoms with Crippen LogP contribution in [0.2, 0.25) is 0 Å². The lowest BCUT2D eigenvalue weighted by Crippen LogP contribution is -2.58. The van der Waals surface area contributed by atoms with Crippen molar-refractivity contribution in [2.24, 2.45) is 17.8 Å². The summed E-state index contributed by atoms with van der Waals surface area (Å²) in [6.07, 6.45) is 2.83. The summed E-state index contributed by atoms with van der Waals surface area (Å²) in [7, 11) is 3.93. The van der Waals surface area contributed by atoms with Crippen LogP contribution in [-0.4, -0.2) is 60.6 Å². The number of methoxy groups -OCH3 is 1. The molecule has 0 bridgehead atoms. The van der Waals surface area contributed by atoms with Gasteiger partial charge < -0.3 is 15.0 Å². The topological polar surface area (TPSA) is 44.8 Å². The monoisotopic (exact) mass is 413 g/mol. The molecule has 1 N–H and O–H groups in total. The van der Waals surface area contributed by atoms with Gasteiger partial charge in [-0.3, -0.25) is 9.69 Å². The van der Waals surface area contributed by atoms with Crippen molar-refractivity contribution < 1.29 is 9.53 Å². The number of hydrogen-bond donors (Lipinski definition) is 1. The predicted octanol–water partition coefficient (Wildman–Crippen LogP) is 3.70. The number of benzene rings is 1. The van der Waals surface area contributed by atoms with Crippen LogP contribution in [0, 0.1) is 17.8 Å². The largest absolute Gasteiger partial charge is 0.497 e. The van der Waals surface area contributed by atoms with Gasteiger partial charge in [0.2, 0.25) is 5.91 Å². The lowest BCUT2D eigenvalue weighted by atomic mass is 9.74. The molecule has 1 aromatic rings. The molecule has 1 amide bonds. The smallest absolute Gasteiger partial charge is 0.222 e. The lowest BCUT2D eigenvalue weighted by molar-refractivity contribution is -0.132. The number of carbonyl (C=O) groups excluding carboxylic acids is 1. The van der Waals surface area contributed by atoms with Crippen LogP contribution in [0.4, 0.5) is 0 Å². The Balaban J connectivity index is 1.41. The van der Waals surface area contributed by atoms with Crippen molar-refractivity contribution in [2.75, 3.05) is 33.8 Å². The molecule has 0 unspecified atom stereocenters. The molecule has 0 radical (unpaired) electrons. The molecular formula is C25H39N3O2. The predicted molar refractivity (Wildman–Crippen MR) is 121 cm³/mol. The molecule has 0 aromatic heterocycles. The molecule has 3 saturated heterocycles. The van der Waals surface area contributed by atoms with Crippen molar-refractivity contribution in [1.29, 1.82) is 0 Å². The standard InChI is InChI=1S/C25H39N3O2/c1-24(2)12-17(13-25(3,4)26-24)11-22(29)28-15-19-14-27(5)23(21(19)16-28)18-7-9-20(30-6)10-8-18/h7-10,17,19,21,23,26H,11-16H2,1-6H3/t19-,21+,23+/m0/s1. The highest BCUT2D eigenvalue weighted by atomic mass is 16.5. The van der Waals surface area contributed by atoms with E-state index in [-0.39, 0.29) is 11.1 Å². The van der Waals surface area contributed by atoms with E-state index in [0.717, 1.165) is 38.2 Å². The SMILES string of the molecule is COc1ccc([C@@H]2[C@@H]3CN(C(=O)CC4CC(C)(C)NC(C)(C)C4)C[C@@H]3CN2C)cc1. The Morgan fingerprint density at radius 3 is 2.30 bits per heavy atom. The van der Waals surface area contributed by atoms with Gasteiger partial charge in [0, 0.05) is 49.1 Å². The molecule has 30 heavy (non-hydrogen) atoms. The molecule has 166 valence electrons. The summed E-state index contributed by atoms with van der Waals surface area (Å²) in [4.78, 5) is 17.9. The zero-order valence-corrected chi connectivity index (χ0v) is 19.6. The summed E-state index contributed by atoms with van der Waals surface area (Å²) >= 11 is 0. The molecule has 5 heteroatoms. The Hall–Kier alpha value is -1.59. The lowest BCUT2D eigenvalue weighted by Gasteiger charge is -2.46. The van der Waals surface area contributed by atoms with Gasteiger partial charge in [0.1, 0.15) is 5.75 Å². The van der Waals surface area contributed by atoms with Crippen molar-refractivity contribution in [2.45, 2.75) is 64.1 Å². The minimum atomic E-state index is 0.0936. The van der Waals surface area contributed by atoms with E-state index in [9.17, 15) is 4.79 Å². The van der Waals surface area contributed by atoms with E-state index in [1.807, 2.05) is 0 Å². The first-order chi connectivity index (χ1) is 14.1. The number of nitrogens with zero attached hydrogens (tertiary/aromatic N) is 2. The van der Waals surface area contributed by atoms with Crippen LogP contribution in [0.25, 0.3) is 0 Å². The van der Waals surface area contributed by atoms with Crippen LogP contribution in [0.1, 0.15) is 58.6 Å². The average Bonchev–Trinajstić information content (AvgIpc) is 3.16. The van der Waals surface area contributed by atoms with Gasteiger partial charge in [-0.15, -0.1) is 0 Å². The van der Waals surface area contributed by atoms with Gasteiger partial charge in [-0.05, 0) is 77.1 Å². The van der Waals surface area contributed by atoms with Gasteiger partial charge in [0.25, 0.3) is 0 Å². The van der Waals surface area contributed by atoms with Crippen LogP contribution in [0.3, 0.4) is 0 Å². The van der Waals surface area contributed by atoms with Gasteiger partial charge in [-0.25, -0.2) is 0 Å². The minimum absolute atomic E-state index is 0.0936. The Kier molecular flexibility index (Phi) is 5.65. The molecular weight excluding hydrogens is 374 g/mol. The van der Waals surface area contributed by atoms with Gasteiger partial charge in [-0.1, -0.05) is 12.1 Å². The highest BCUT2D eigenvalue weighted by molar-refractivity contribution is 5.77. The number of hydrogen-bond acceptors (Lipinski definition) is 4. The number of likely N-dealkylation sites (tertiary alicyclic amines) is 2. The van der Waals surface area contributed by atoms with E-state index in [0.29, 0.717) is 36.1 Å². The number of amides is 1. The third-order valence-electron chi connectivity index (χ3n) is 7.44. The van der Waals surface area contributed by atoms with Crippen LogP contribution in [0.15, 0.2) is 24.3 Å². The molecule has 3 aliphatic rings. The second-order valence-electron chi connectivity index (χ2n) is 11.3. The maximum atomic E-state index is 13.3. The number of nitrogens with one attached hydrogen (secondary N) is 1. The molecule has 0 spiro atoms. The quantitative estimate of drug-likeness (QED) is 0.817. The number of rotatable bonds is 4. The minimum Gasteiger partial charge on any atom is -0.497 e. The van der Waals surface area contributed by atoms with Crippen molar-refractivity contribution in [1.82, 2.24) is 15.1 Å². The Morgan fingerprint density at radius 2 is 1.70 bits per heavy atom. The molecule has 0 saturated carbocycles. The summed E-state index contributed by atoms with van der Waals surface area (Å²) in [6, 6.07) is 8.86. The molecule has 1 aromatic carbocycles. The van der Waals surface area contributed by atoms with Crippen LogP contribution < -0.4 is 10.1 Å². The zero-order valence-electron chi connectivity index (χ0n) is 19.6. The van der Waals surface area contributed by atoms with E-state index in [4.69, 9.17) is 4.74 Å². The van der Waals surface area contributed by atoms with Crippen LogP contribution in [-0.2, 0) is 4.79 Å². The summed E-state index contributed by atoms with van der Waals surface area (Å²) in [6.45, 7) is 11.9. The fourth-order valence-electron chi connectivity index (χ4n) is 6.82. The summed E-state index contributed by atoms with van der Waals surface area (Å²) < 4.78 is 5.32. The Bertz CT molecular complexity index is 757. The summed E-state index contributed by atoms with van der Waals surface area (Å²) in [5.74, 6) is 2.82. The maximum Gasteiger partial charge on any atom is 0.222 e. The third kappa shape index (κ3) is 4.38. The summed E-state index contributed by atoms with van der Waals surface area (Å²) in [5.41, 5.74) is 1.52. The summed E-state index contributed by atoms with van der Waals surface area (Å²) in [5, 5.41) is 3.73. The molecule has 4 rings (SSSR count). The molecule has 3 heterocycles. The van der Waals surface area contributed by atoms with Crippen LogP contribution in [0.5, 0.6) is 5.75 Å². The third-order valence-corrected chi connectivity index (χ3v) is 7.44. The second kappa shape index (κ2) is 7.83. The van der Waals surface area contributed by atoms with E-state index < -0.39 is 0 Å². The molecule has 3 aliphatic heterocycles. The van der Waals surface area contributed by atoms with Gasteiger partial charge in [0.15, 0.2) is 0 Å². The molecule has 0 aliphatic carbocycles. The second-order valence-corrected chi connectivity index (χ2v) is 11.3. The molecule has 3 atom stereocenters. The van der Waals surface area contributed by atoms with E-state index in [1.54, 1.807) is 7.11 Å². The van der Waals surface area contributed by atoms with Gasteiger partial charge >= 0.3 is 0 Å². The first-order valence-corrected chi connectivity index (χ1v) is 11.5. The van der Waals surface area contributed by atoms with Crippen molar-refractivity contribution in [3.05, 3.63) is 29.8 Å². The van der Waals surface area contributed by atoms with E-state index in [1.165, 1.54) is 5.56 Å². The number of fused-ring (bicyclic) bond motifs is 1. The zero-order chi connectivity index (χ0) is 21.7. The van der Waals surface area contributed by atoms with Crippen molar-refractivity contribution >= 4 is 5.91 Å². The van der Waals surface area contributed by atoms with Gasteiger partial charge in [0.05, 0.1) is 7.11 Å². The molecule has 5 nitrogen and oxygen atoms in total. The fourth-order valence-corrected chi connectivity index (χ4v) is 6.82. The van der Waals surface area contributed by atoms with E-state index in [2.05, 4.69) is 74.1 Å². The Labute approximate surface area is 182 Å². The molecule has 3 fully saturated rings.